The number of nitrogens with zero attached hydrogens (tertiary/aromatic N) is 2. The number of methoxy groups -OCH3 is 1. The van der Waals surface area contributed by atoms with Crippen LogP contribution in [0.1, 0.15) is 5.56 Å². The first-order chi connectivity index (χ1) is 13.6. The third kappa shape index (κ3) is 6.20. The van der Waals surface area contributed by atoms with Gasteiger partial charge < -0.3 is 24.6 Å². The van der Waals surface area contributed by atoms with E-state index in [4.69, 9.17) is 9.47 Å². The van der Waals surface area contributed by atoms with E-state index in [0.29, 0.717) is 17.2 Å². The molecule has 0 aliphatic carbocycles. The molecule has 0 aliphatic rings. The summed E-state index contributed by atoms with van der Waals surface area (Å²) >= 11 is 0. The lowest BCUT2D eigenvalue weighted by Gasteiger charge is -2.22. The van der Waals surface area contributed by atoms with E-state index < -0.39 is 17.8 Å². The second kappa shape index (κ2) is 9.40. The Morgan fingerprint density at radius 3 is 2.21 bits per heavy atom. The number of hydrogen-bond acceptors (Lipinski definition) is 4. The van der Waals surface area contributed by atoms with Crippen molar-refractivity contribution in [1.82, 2.24) is 4.90 Å². The van der Waals surface area contributed by atoms with E-state index in [1.54, 1.807) is 50.4 Å². The molecule has 0 fully saturated rings. The van der Waals surface area contributed by atoms with E-state index >= 15 is 0 Å². The fraction of sp³-hybridized carbons (Fsp3) is 0.350. The maximum Gasteiger partial charge on any atom is 0.418 e. The van der Waals surface area contributed by atoms with Gasteiger partial charge in [-0.3, -0.25) is 0 Å². The van der Waals surface area contributed by atoms with Gasteiger partial charge >= 0.3 is 12.2 Å². The highest BCUT2D eigenvalue weighted by molar-refractivity contribution is 5.90. The highest BCUT2D eigenvalue weighted by Gasteiger charge is 2.34. The molecule has 2 amide bonds. The molecule has 2 aromatic carbocycles. The number of urea groups is 1. The normalized spacial score (nSPS) is 11.0. The molecule has 0 aromatic heterocycles. The Hall–Kier alpha value is -3.10. The lowest BCUT2D eigenvalue weighted by Crippen LogP contribution is -2.35. The van der Waals surface area contributed by atoms with E-state index in [2.05, 4.69) is 5.32 Å². The van der Waals surface area contributed by atoms with Crippen LogP contribution < -0.4 is 19.7 Å². The molecule has 0 radical (unpaired) electrons. The average molecular weight is 411 g/mol. The number of likely N-dealkylation sites (N-methyl/N-ethyl adjacent to an activating group) is 1. The summed E-state index contributed by atoms with van der Waals surface area (Å²) in [5.74, 6) is 1.29. The van der Waals surface area contributed by atoms with Crippen LogP contribution in [0.2, 0.25) is 0 Å². The number of anilines is 2. The first-order valence-electron chi connectivity index (χ1n) is 8.79. The van der Waals surface area contributed by atoms with Gasteiger partial charge in [0.25, 0.3) is 0 Å². The highest BCUT2D eigenvalue weighted by Crippen LogP contribution is 2.37. The molecule has 6 nitrogen and oxygen atoms in total. The molecule has 0 saturated heterocycles. The molecule has 0 aliphatic heterocycles. The van der Waals surface area contributed by atoms with Crippen molar-refractivity contribution in [2.75, 3.05) is 51.6 Å². The quantitative estimate of drug-likeness (QED) is 0.737. The number of alkyl halides is 3. The highest BCUT2D eigenvalue weighted by atomic mass is 19.4. The topological polar surface area (TPSA) is 54.0 Å². The van der Waals surface area contributed by atoms with Crippen LogP contribution in [0.4, 0.5) is 29.3 Å². The summed E-state index contributed by atoms with van der Waals surface area (Å²) in [6.45, 7) is 0.372. The fourth-order valence-electron chi connectivity index (χ4n) is 2.44. The molecule has 2 rings (SSSR count). The van der Waals surface area contributed by atoms with Crippen LogP contribution in [0.15, 0.2) is 42.5 Å². The number of nitrogens with one attached hydrogen (secondary N) is 1. The number of halogens is 3. The van der Waals surface area contributed by atoms with Crippen LogP contribution >= 0.6 is 0 Å². The van der Waals surface area contributed by atoms with E-state index in [-0.39, 0.29) is 18.8 Å². The van der Waals surface area contributed by atoms with Gasteiger partial charge in [0.1, 0.15) is 18.1 Å². The van der Waals surface area contributed by atoms with Crippen LogP contribution in [-0.4, -0.2) is 52.3 Å². The van der Waals surface area contributed by atoms with Gasteiger partial charge in [-0.25, -0.2) is 4.79 Å². The minimum absolute atomic E-state index is 0.182. The fourth-order valence-corrected chi connectivity index (χ4v) is 2.44. The van der Waals surface area contributed by atoms with Gasteiger partial charge in [0.2, 0.25) is 0 Å². The molecule has 0 heterocycles. The summed E-state index contributed by atoms with van der Waals surface area (Å²) in [7, 11) is 6.32. The molecular weight excluding hydrogens is 387 g/mol. The molecule has 2 aromatic rings. The Bertz CT molecular complexity index is 824. The zero-order valence-corrected chi connectivity index (χ0v) is 16.7. The van der Waals surface area contributed by atoms with Crippen molar-refractivity contribution in [2.45, 2.75) is 6.18 Å². The van der Waals surface area contributed by atoms with E-state index in [1.165, 1.54) is 24.1 Å². The van der Waals surface area contributed by atoms with Crippen molar-refractivity contribution in [3.63, 3.8) is 0 Å². The Morgan fingerprint density at radius 2 is 1.66 bits per heavy atom. The van der Waals surface area contributed by atoms with Crippen molar-refractivity contribution in [1.29, 1.82) is 0 Å². The summed E-state index contributed by atoms with van der Waals surface area (Å²) in [4.78, 5) is 15.1. The van der Waals surface area contributed by atoms with Crippen molar-refractivity contribution in [3.05, 3.63) is 48.0 Å². The zero-order chi connectivity index (χ0) is 21.6. The summed E-state index contributed by atoms with van der Waals surface area (Å²) in [6, 6.07) is 10.0. The first-order valence-corrected chi connectivity index (χ1v) is 8.79. The second-order valence-electron chi connectivity index (χ2n) is 6.50. The predicted molar refractivity (Wildman–Crippen MR) is 106 cm³/mol. The molecule has 0 atom stereocenters. The molecule has 0 spiro atoms. The molecule has 0 saturated carbocycles. The number of amides is 2. The Labute approximate surface area is 167 Å². The molecular formula is C20H24F3N3O3. The van der Waals surface area contributed by atoms with Crippen molar-refractivity contribution in [2.24, 2.45) is 0 Å². The van der Waals surface area contributed by atoms with Gasteiger partial charge in [0.15, 0.2) is 0 Å². The van der Waals surface area contributed by atoms with Gasteiger partial charge in [-0.1, -0.05) is 0 Å². The van der Waals surface area contributed by atoms with Gasteiger partial charge in [0, 0.05) is 26.8 Å². The Morgan fingerprint density at radius 1 is 1.03 bits per heavy atom. The Kier molecular flexibility index (Phi) is 7.19. The maximum atomic E-state index is 13.4. The monoisotopic (exact) mass is 411 g/mol. The van der Waals surface area contributed by atoms with Crippen molar-refractivity contribution >= 4 is 17.4 Å². The van der Waals surface area contributed by atoms with Crippen LogP contribution in [0, 0.1) is 0 Å². The standard InChI is InChI=1S/C20H24F3N3O3/c1-25(2)14-5-10-18(17(13-14)20(21,22)23)24-19(27)26(3)11-12-29-16-8-6-15(28-4)7-9-16/h5-10,13H,11-12H2,1-4H3,(H,24,27). The van der Waals surface area contributed by atoms with Gasteiger partial charge in [-0.05, 0) is 42.5 Å². The Balaban J connectivity index is 1.97. The molecule has 9 heteroatoms. The molecule has 158 valence electrons. The summed E-state index contributed by atoms with van der Waals surface area (Å²) in [5, 5.41) is 2.32. The van der Waals surface area contributed by atoms with Gasteiger partial charge in [0.05, 0.1) is 24.9 Å². The van der Waals surface area contributed by atoms with Crippen LogP contribution in [0.25, 0.3) is 0 Å². The summed E-state index contributed by atoms with van der Waals surface area (Å²) in [6.07, 6.45) is -4.59. The molecule has 0 unspecified atom stereocenters. The average Bonchev–Trinajstić information content (AvgIpc) is 2.67. The third-order valence-corrected chi connectivity index (χ3v) is 4.17. The van der Waals surface area contributed by atoms with Crippen LogP contribution in [0.5, 0.6) is 11.5 Å². The summed E-state index contributed by atoms with van der Waals surface area (Å²) < 4.78 is 50.7. The third-order valence-electron chi connectivity index (χ3n) is 4.17. The minimum atomic E-state index is -4.59. The van der Waals surface area contributed by atoms with Gasteiger partial charge in [-0.15, -0.1) is 0 Å². The number of ether oxygens (including phenoxy) is 2. The van der Waals surface area contributed by atoms with E-state index in [0.717, 1.165) is 6.07 Å². The van der Waals surface area contributed by atoms with Crippen molar-refractivity contribution < 1.29 is 27.4 Å². The summed E-state index contributed by atoms with van der Waals surface area (Å²) in [5.41, 5.74) is -0.812. The maximum absolute atomic E-state index is 13.4. The minimum Gasteiger partial charge on any atom is -0.497 e. The lowest BCUT2D eigenvalue weighted by molar-refractivity contribution is -0.136. The van der Waals surface area contributed by atoms with Crippen LogP contribution in [-0.2, 0) is 6.18 Å². The van der Waals surface area contributed by atoms with E-state index in [9.17, 15) is 18.0 Å². The SMILES string of the molecule is COc1ccc(OCCN(C)C(=O)Nc2ccc(N(C)C)cc2C(F)(F)F)cc1. The lowest BCUT2D eigenvalue weighted by atomic mass is 10.1. The van der Waals surface area contributed by atoms with E-state index in [1.807, 2.05) is 0 Å². The number of carbonyl (C=O) groups is 1. The number of benzene rings is 2. The molecule has 1 N–H and O–H groups in total. The number of hydrogen-bond donors (Lipinski definition) is 1. The van der Waals surface area contributed by atoms with Crippen LogP contribution in [0.3, 0.4) is 0 Å². The smallest absolute Gasteiger partial charge is 0.418 e. The first kappa shape index (κ1) is 22.2. The van der Waals surface area contributed by atoms with Crippen molar-refractivity contribution in [3.8, 4) is 11.5 Å². The molecule has 0 bridgehead atoms. The predicted octanol–water partition coefficient (Wildman–Crippen LogP) is 4.32. The molecule has 29 heavy (non-hydrogen) atoms. The van der Waals surface area contributed by atoms with Gasteiger partial charge in [-0.2, -0.15) is 13.2 Å². The second-order valence-corrected chi connectivity index (χ2v) is 6.50. The number of carbonyl (C=O) groups excluding carboxylic acids is 1. The zero-order valence-electron chi connectivity index (χ0n) is 16.7. The largest absolute Gasteiger partial charge is 0.497 e. The number of rotatable bonds is 7.